The van der Waals surface area contributed by atoms with Crippen LogP contribution in [0.15, 0.2) is 0 Å². The molecule has 2 aliphatic rings. The SMILES string of the molecule is CC1(COC(=O)CCCCC(=O)OCC2(C)CO2)CO1. The van der Waals surface area contributed by atoms with E-state index in [-0.39, 0.29) is 23.1 Å². The number of rotatable bonds is 9. The van der Waals surface area contributed by atoms with E-state index in [1.807, 2.05) is 13.8 Å². The zero-order chi connectivity index (χ0) is 14.6. The van der Waals surface area contributed by atoms with E-state index in [0.29, 0.717) is 52.1 Å². The molecule has 2 saturated heterocycles. The van der Waals surface area contributed by atoms with Crippen molar-refractivity contribution in [3.05, 3.63) is 0 Å². The van der Waals surface area contributed by atoms with Gasteiger partial charge in [0.1, 0.15) is 24.4 Å². The first-order valence-corrected chi connectivity index (χ1v) is 7.00. The normalized spacial score (nSPS) is 30.7. The van der Waals surface area contributed by atoms with Crippen molar-refractivity contribution in [1.82, 2.24) is 0 Å². The summed E-state index contributed by atoms with van der Waals surface area (Å²) < 4.78 is 20.4. The number of carbonyl (C=O) groups excluding carboxylic acids is 2. The van der Waals surface area contributed by atoms with Crippen LogP contribution in [0.25, 0.3) is 0 Å². The van der Waals surface area contributed by atoms with Gasteiger partial charge in [-0.25, -0.2) is 0 Å². The molecule has 2 atom stereocenters. The summed E-state index contributed by atoms with van der Waals surface area (Å²) in [6.07, 6.45) is 1.90. The summed E-state index contributed by atoms with van der Waals surface area (Å²) >= 11 is 0. The van der Waals surface area contributed by atoms with Crippen molar-refractivity contribution < 1.29 is 28.5 Å². The molecule has 0 N–H and O–H groups in total. The molecule has 0 aliphatic carbocycles. The summed E-state index contributed by atoms with van der Waals surface area (Å²) in [5, 5.41) is 0. The third-order valence-corrected chi connectivity index (χ3v) is 3.36. The van der Waals surface area contributed by atoms with Crippen LogP contribution >= 0.6 is 0 Å². The van der Waals surface area contributed by atoms with Crippen LogP contribution in [0.2, 0.25) is 0 Å². The molecule has 114 valence electrons. The Hall–Kier alpha value is -1.14. The van der Waals surface area contributed by atoms with E-state index < -0.39 is 0 Å². The molecule has 2 unspecified atom stereocenters. The van der Waals surface area contributed by atoms with Gasteiger partial charge in [0.25, 0.3) is 0 Å². The predicted octanol–water partition coefficient (Wildman–Crippen LogP) is 1.21. The molecule has 2 heterocycles. The highest BCUT2D eigenvalue weighted by atomic mass is 16.6. The van der Waals surface area contributed by atoms with E-state index in [2.05, 4.69) is 0 Å². The summed E-state index contributed by atoms with van der Waals surface area (Å²) in [5.74, 6) is -0.483. The minimum absolute atomic E-state index is 0.242. The van der Waals surface area contributed by atoms with Crippen molar-refractivity contribution in [2.75, 3.05) is 26.4 Å². The second-order valence-electron chi connectivity index (χ2n) is 6.01. The Morgan fingerprint density at radius 3 is 1.55 bits per heavy atom. The summed E-state index contributed by atoms with van der Waals surface area (Å²) in [4.78, 5) is 22.8. The van der Waals surface area contributed by atoms with Crippen LogP contribution in [-0.4, -0.2) is 49.6 Å². The summed E-state index contributed by atoms with van der Waals surface area (Å²) in [5.41, 5.74) is -0.527. The molecule has 2 aliphatic heterocycles. The topological polar surface area (TPSA) is 77.7 Å². The van der Waals surface area contributed by atoms with Crippen molar-refractivity contribution >= 4 is 11.9 Å². The Morgan fingerprint density at radius 1 is 0.900 bits per heavy atom. The van der Waals surface area contributed by atoms with Gasteiger partial charge in [-0.15, -0.1) is 0 Å². The van der Waals surface area contributed by atoms with E-state index in [0.717, 1.165) is 0 Å². The molecule has 0 aromatic rings. The second-order valence-corrected chi connectivity index (χ2v) is 6.01. The fourth-order valence-corrected chi connectivity index (χ4v) is 1.56. The van der Waals surface area contributed by atoms with Gasteiger partial charge in [0.15, 0.2) is 0 Å². The lowest BCUT2D eigenvalue weighted by molar-refractivity contribution is -0.147. The lowest BCUT2D eigenvalue weighted by Crippen LogP contribution is -2.19. The highest BCUT2D eigenvalue weighted by Crippen LogP contribution is 2.26. The molecule has 0 radical (unpaired) electrons. The number of epoxide rings is 2. The lowest BCUT2D eigenvalue weighted by atomic mass is 10.2. The number of carbonyl (C=O) groups is 2. The minimum atomic E-state index is -0.263. The van der Waals surface area contributed by atoms with Crippen molar-refractivity contribution in [3.8, 4) is 0 Å². The maximum absolute atomic E-state index is 11.4. The molecule has 2 fully saturated rings. The van der Waals surface area contributed by atoms with E-state index in [1.54, 1.807) is 0 Å². The Morgan fingerprint density at radius 2 is 1.25 bits per heavy atom. The smallest absolute Gasteiger partial charge is 0.305 e. The minimum Gasteiger partial charge on any atom is -0.463 e. The van der Waals surface area contributed by atoms with Gasteiger partial charge < -0.3 is 18.9 Å². The standard InChI is InChI=1S/C14H22O6/c1-13(9-19-13)7-17-11(15)5-3-4-6-12(16)18-8-14(2)10-20-14/h3-10H2,1-2H3. The average Bonchev–Trinajstić information content (AvgIpc) is 3.31. The second kappa shape index (κ2) is 6.10. The molecule has 0 spiro atoms. The number of hydrogen-bond donors (Lipinski definition) is 0. The monoisotopic (exact) mass is 286 g/mol. The van der Waals surface area contributed by atoms with E-state index in [4.69, 9.17) is 18.9 Å². The maximum Gasteiger partial charge on any atom is 0.305 e. The predicted molar refractivity (Wildman–Crippen MR) is 69.1 cm³/mol. The van der Waals surface area contributed by atoms with Gasteiger partial charge in [-0.05, 0) is 26.7 Å². The molecule has 0 aromatic heterocycles. The number of esters is 2. The highest BCUT2D eigenvalue weighted by Gasteiger charge is 2.41. The van der Waals surface area contributed by atoms with Crippen LogP contribution in [0.1, 0.15) is 39.5 Å². The highest BCUT2D eigenvalue weighted by molar-refractivity contribution is 5.70. The van der Waals surface area contributed by atoms with Crippen LogP contribution < -0.4 is 0 Å². The molecular formula is C14H22O6. The Bertz CT molecular complexity index is 334. The molecule has 0 saturated carbocycles. The van der Waals surface area contributed by atoms with Crippen molar-refractivity contribution in [3.63, 3.8) is 0 Å². The van der Waals surface area contributed by atoms with Gasteiger partial charge in [-0.2, -0.15) is 0 Å². The first kappa shape index (κ1) is 15.3. The first-order chi connectivity index (χ1) is 9.41. The van der Waals surface area contributed by atoms with Crippen LogP contribution in [0.4, 0.5) is 0 Å². The quantitative estimate of drug-likeness (QED) is 0.360. The van der Waals surface area contributed by atoms with E-state index in [9.17, 15) is 9.59 Å². The molecule has 20 heavy (non-hydrogen) atoms. The van der Waals surface area contributed by atoms with Crippen molar-refractivity contribution in [2.45, 2.75) is 50.7 Å². The van der Waals surface area contributed by atoms with Crippen LogP contribution in [-0.2, 0) is 28.5 Å². The van der Waals surface area contributed by atoms with Gasteiger partial charge in [-0.3, -0.25) is 9.59 Å². The van der Waals surface area contributed by atoms with Gasteiger partial charge >= 0.3 is 11.9 Å². The van der Waals surface area contributed by atoms with Gasteiger partial charge in [0.05, 0.1) is 13.2 Å². The Kier molecular flexibility index (Phi) is 4.65. The van der Waals surface area contributed by atoms with Gasteiger partial charge in [0.2, 0.25) is 0 Å². The summed E-state index contributed by atoms with van der Waals surface area (Å²) in [6.45, 7) is 5.73. The van der Waals surface area contributed by atoms with E-state index in [1.165, 1.54) is 0 Å². The lowest BCUT2D eigenvalue weighted by Gasteiger charge is -2.08. The number of unbranched alkanes of at least 4 members (excludes halogenated alkanes) is 1. The fraction of sp³-hybridized carbons (Fsp3) is 0.857. The molecule has 6 nitrogen and oxygen atoms in total. The maximum atomic E-state index is 11.4. The van der Waals surface area contributed by atoms with Crippen molar-refractivity contribution in [2.24, 2.45) is 0 Å². The average molecular weight is 286 g/mol. The summed E-state index contributed by atoms with van der Waals surface area (Å²) in [7, 11) is 0. The van der Waals surface area contributed by atoms with E-state index >= 15 is 0 Å². The largest absolute Gasteiger partial charge is 0.463 e. The van der Waals surface area contributed by atoms with Gasteiger partial charge in [-0.1, -0.05) is 0 Å². The zero-order valence-electron chi connectivity index (χ0n) is 12.1. The molecule has 2 rings (SSSR count). The van der Waals surface area contributed by atoms with Crippen LogP contribution in [0.5, 0.6) is 0 Å². The number of ether oxygens (including phenoxy) is 4. The van der Waals surface area contributed by atoms with Crippen LogP contribution in [0, 0.1) is 0 Å². The molecule has 6 heteroatoms. The third-order valence-electron chi connectivity index (χ3n) is 3.36. The molecular weight excluding hydrogens is 264 g/mol. The third kappa shape index (κ3) is 5.46. The van der Waals surface area contributed by atoms with Crippen LogP contribution in [0.3, 0.4) is 0 Å². The zero-order valence-corrected chi connectivity index (χ0v) is 12.1. The Balaban J connectivity index is 1.44. The molecule has 0 bridgehead atoms. The first-order valence-electron chi connectivity index (χ1n) is 7.00. The number of hydrogen-bond acceptors (Lipinski definition) is 6. The Labute approximate surface area is 118 Å². The molecule has 0 amide bonds. The van der Waals surface area contributed by atoms with Gasteiger partial charge in [0, 0.05) is 12.8 Å². The molecule has 0 aromatic carbocycles. The fourth-order valence-electron chi connectivity index (χ4n) is 1.56. The summed E-state index contributed by atoms with van der Waals surface area (Å²) in [6, 6.07) is 0. The van der Waals surface area contributed by atoms with Crippen molar-refractivity contribution in [1.29, 1.82) is 0 Å².